The Balaban J connectivity index is 2.89. The van der Waals surface area contributed by atoms with Gasteiger partial charge in [-0.25, -0.2) is 0 Å². The number of carbonyl (C=O) groups excluding carboxylic acids is 3. The van der Waals surface area contributed by atoms with Gasteiger partial charge in [-0.3, -0.25) is 14.4 Å². The first-order chi connectivity index (χ1) is 10.3. The SMILES string of the molecule is COC(=O)CCSC(=O)[C@]1(CO)NC(=O)[C@H](CCCl)[C@]1(C)O. The van der Waals surface area contributed by atoms with E-state index in [0.29, 0.717) is 0 Å². The first-order valence-electron chi connectivity index (χ1n) is 6.72. The highest BCUT2D eigenvalue weighted by Gasteiger charge is 2.64. The number of aliphatic hydroxyl groups excluding tert-OH is 1. The van der Waals surface area contributed by atoms with E-state index in [1.54, 1.807) is 0 Å². The van der Waals surface area contributed by atoms with Crippen LogP contribution in [-0.2, 0) is 19.1 Å². The van der Waals surface area contributed by atoms with Crippen LogP contribution >= 0.6 is 23.4 Å². The van der Waals surface area contributed by atoms with E-state index in [9.17, 15) is 24.6 Å². The van der Waals surface area contributed by atoms with E-state index in [2.05, 4.69) is 10.1 Å². The fourth-order valence-corrected chi connectivity index (χ4v) is 3.71. The lowest BCUT2D eigenvalue weighted by Crippen LogP contribution is -2.64. The Labute approximate surface area is 137 Å². The molecule has 1 aliphatic rings. The van der Waals surface area contributed by atoms with Crippen molar-refractivity contribution in [2.45, 2.75) is 30.9 Å². The second-order valence-corrected chi connectivity index (χ2v) is 6.64. The number of esters is 1. The first kappa shape index (κ1) is 19.2. The second-order valence-electron chi connectivity index (χ2n) is 5.19. The van der Waals surface area contributed by atoms with Crippen molar-refractivity contribution in [1.82, 2.24) is 5.32 Å². The Morgan fingerprint density at radius 3 is 2.64 bits per heavy atom. The van der Waals surface area contributed by atoms with Crippen molar-refractivity contribution in [3.05, 3.63) is 0 Å². The van der Waals surface area contributed by atoms with Gasteiger partial charge < -0.3 is 20.3 Å². The molecule has 126 valence electrons. The van der Waals surface area contributed by atoms with Crippen molar-refractivity contribution >= 4 is 40.4 Å². The molecule has 0 aromatic heterocycles. The van der Waals surface area contributed by atoms with Gasteiger partial charge >= 0.3 is 5.97 Å². The van der Waals surface area contributed by atoms with Crippen molar-refractivity contribution in [2.24, 2.45) is 5.92 Å². The summed E-state index contributed by atoms with van der Waals surface area (Å²) in [7, 11) is 1.24. The second kappa shape index (κ2) is 7.63. The molecule has 7 nitrogen and oxygen atoms in total. The molecule has 9 heteroatoms. The van der Waals surface area contributed by atoms with Gasteiger partial charge in [0.1, 0.15) is 5.60 Å². The van der Waals surface area contributed by atoms with Gasteiger partial charge in [0, 0.05) is 11.6 Å². The fourth-order valence-electron chi connectivity index (χ4n) is 2.47. The van der Waals surface area contributed by atoms with Crippen LogP contribution in [0.1, 0.15) is 19.8 Å². The number of nitrogens with one attached hydrogen (secondary N) is 1. The minimum atomic E-state index is -1.80. The lowest BCUT2D eigenvalue weighted by Gasteiger charge is -2.37. The zero-order chi connectivity index (χ0) is 17.0. The van der Waals surface area contributed by atoms with Crippen LogP contribution < -0.4 is 5.32 Å². The first-order valence-corrected chi connectivity index (χ1v) is 8.24. The van der Waals surface area contributed by atoms with Crippen LogP contribution in [0.25, 0.3) is 0 Å². The Bertz CT molecular complexity index is 458. The summed E-state index contributed by atoms with van der Waals surface area (Å²) in [6.07, 6.45) is 0.192. The minimum Gasteiger partial charge on any atom is -0.469 e. The summed E-state index contributed by atoms with van der Waals surface area (Å²) in [6, 6.07) is 0. The van der Waals surface area contributed by atoms with Gasteiger partial charge in [-0.2, -0.15) is 0 Å². The third-order valence-electron chi connectivity index (χ3n) is 3.95. The van der Waals surface area contributed by atoms with Gasteiger partial charge in [-0.05, 0) is 13.3 Å². The molecule has 1 amide bonds. The van der Waals surface area contributed by atoms with Crippen molar-refractivity contribution in [2.75, 3.05) is 25.3 Å². The molecule has 0 bridgehead atoms. The van der Waals surface area contributed by atoms with Gasteiger partial charge in [-0.15, -0.1) is 11.6 Å². The van der Waals surface area contributed by atoms with E-state index in [0.717, 1.165) is 11.8 Å². The van der Waals surface area contributed by atoms with Crippen molar-refractivity contribution in [1.29, 1.82) is 0 Å². The number of halogens is 1. The van der Waals surface area contributed by atoms with E-state index in [4.69, 9.17) is 11.6 Å². The number of alkyl halides is 1. The Hall–Kier alpha value is -0.830. The van der Waals surface area contributed by atoms with E-state index < -0.39 is 40.7 Å². The minimum absolute atomic E-state index is 0.00954. The standard InChI is InChI=1S/C13H20ClNO6S/c1-12(20)8(3-5-14)10(18)15-13(12,7-16)11(19)22-6-4-9(17)21-2/h8,16,20H,3-7H2,1-2H3,(H,15,18)/t8-,12-,13-/m0/s1. The number of rotatable bonds is 7. The van der Waals surface area contributed by atoms with Gasteiger partial charge in [0.2, 0.25) is 11.0 Å². The number of thioether (sulfide) groups is 1. The predicted molar refractivity (Wildman–Crippen MR) is 81.5 cm³/mol. The lowest BCUT2D eigenvalue weighted by molar-refractivity contribution is -0.140. The molecule has 0 spiro atoms. The van der Waals surface area contributed by atoms with Crippen LogP contribution in [-0.4, -0.2) is 63.7 Å². The third-order valence-corrected chi connectivity index (χ3v) is 5.18. The van der Waals surface area contributed by atoms with Crippen LogP contribution in [0, 0.1) is 5.92 Å². The summed E-state index contributed by atoms with van der Waals surface area (Å²) in [4.78, 5) is 35.5. The molecular weight excluding hydrogens is 334 g/mol. The zero-order valence-electron chi connectivity index (χ0n) is 12.4. The van der Waals surface area contributed by atoms with Gasteiger partial charge in [0.05, 0.1) is 26.1 Å². The molecule has 0 saturated carbocycles. The molecule has 1 heterocycles. The summed E-state index contributed by atoms with van der Waals surface area (Å²) in [6.45, 7) is 0.589. The summed E-state index contributed by atoms with van der Waals surface area (Å²) < 4.78 is 4.47. The monoisotopic (exact) mass is 353 g/mol. The summed E-state index contributed by atoms with van der Waals surface area (Å²) in [5.74, 6) is -1.62. The molecule has 1 saturated heterocycles. The summed E-state index contributed by atoms with van der Waals surface area (Å²) in [5.41, 5.74) is -3.58. The quantitative estimate of drug-likeness (QED) is 0.424. The molecular formula is C13H20ClNO6S. The maximum absolute atomic E-state index is 12.4. The lowest BCUT2D eigenvalue weighted by atomic mass is 9.77. The van der Waals surface area contributed by atoms with E-state index in [1.165, 1.54) is 14.0 Å². The topological polar surface area (TPSA) is 113 Å². The van der Waals surface area contributed by atoms with E-state index >= 15 is 0 Å². The average Bonchev–Trinajstić information content (AvgIpc) is 2.67. The number of hydrogen-bond donors (Lipinski definition) is 3. The average molecular weight is 354 g/mol. The number of aliphatic hydroxyl groups is 2. The highest BCUT2D eigenvalue weighted by atomic mass is 35.5. The molecule has 22 heavy (non-hydrogen) atoms. The Morgan fingerprint density at radius 1 is 1.50 bits per heavy atom. The molecule has 1 rings (SSSR count). The molecule has 0 aromatic rings. The Kier molecular flexibility index (Phi) is 6.66. The van der Waals surface area contributed by atoms with E-state index in [1.807, 2.05) is 0 Å². The van der Waals surface area contributed by atoms with Gasteiger partial charge in [0.25, 0.3) is 0 Å². The number of hydrogen-bond acceptors (Lipinski definition) is 7. The molecule has 0 aliphatic carbocycles. The van der Waals surface area contributed by atoms with Crippen LogP contribution in [0.4, 0.5) is 0 Å². The fraction of sp³-hybridized carbons (Fsp3) is 0.769. The molecule has 3 atom stereocenters. The van der Waals surface area contributed by atoms with Crippen molar-refractivity contribution < 1.29 is 29.3 Å². The number of carbonyl (C=O) groups is 3. The molecule has 0 radical (unpaired) electrons. The highest BCUT2D eigenvalue weighted by Crippen LogP contribution is 2.41. The van der Waals surface area contributed by atoms with Crippen LogP contribution in [0.2, 0.25) is 0 Å². The van der Waals surface area contributed by atoms with E-state index in [-0.39, 0.29) is 24.5 Å². The molecule has 1 fully saturated rings. The van der Waals surface area contributed by atoms with Crippen molar-refractivity contribution in [3.63, 3.8) is 0 Å². The number of methoxy groups -OCH3 is 1. The van der Waals surface area contributed by atoms with Gasteiger partial charge in [0.15, 0.2) is 5.54 Å². The smallest absolute Gasteiger partial charge is 0.306 e. The van der Waals surface area contributed by atoms with Crippen LogP contribution in [0.15, 0.2) is 0 Å². The molecule has 3 N–H and O–H groups in total. The van der Waals surface area contributed by atoms with Gasteiger partial charge in [-0.1, -0.05) is 11.8 Å². The number of amides is 1. The van der Waals surface area contributed by atoms with Crippen LogP contribution in [0.5, 0.6) is 0 Å². The number of ether oxygens (including phenoxy) is 1. The molecule has 0 unspecified atom stereocenters. The normalized spacial score (nSPS) is 31.0. The largest absolute Gasteiger partial charge is 0.469 e. The maximum atomic E-state index is 12.4. The molecule has 0 aromatic carbocycles. The predicted octanol–water partition coefficient (Wildman–Crippen LogP) is -0.334. The zero-order valence-corrected chi connectivity index (χ0v) is 14.0. The summed E-state index contributed by atoms with van der Waals surface area (Å²) in [5, 5.41) is 22.1. The molecule has 1 aliphatic heterocycles. The van der Waals surface area contributed by atoms with Crippen LogP contribution in [0.3, 0.4) is 0 Å². The maximum Gasteiger partial charge on any atom is 0.306 e. The Morgan fingerprint density at radius 2 is 2.14 bits per heavy atom. The highest BCUT2D eigenvalue weighted by molar-refractivity contribution is 8.13. The third kappa shape index (κ3) is 3.40. The van der Waals surface area contributed by atoms with Crippen molar-refractivity contribution in [3.8, 4) is 0 Å². The summed E-state index contributed by atoms with van der Waals surface area (Å²) >= 11 is 6.39.